The Morgan fingerprint density at radius 3 is 2.64 bits per heavy atom. The second-order valence-corrected chi connectivity index (χ2v) is 11.9. The zero-order valence-corrected chi connectivity index (χ0v) is 24.1. The maximum atomic E-state index is 13.2. The van der Waals surface area contributed by atoms with Crippen molar-refractivity contribution in [2.24, 2.45) is 7.05 Å². The molecule has 3 aliphatic heterocycles. The zero-order chi connectivity index (χ0) is 29.0. The molecule has 4 aliphatic rings. The van der Waals surface area contributed by atoms with Gasteiger partial charge in [0.25, 0.3) is 5.56 Å². The van der Waals surface area contributed by atoms with Gasteiger partial charge in [-0.25, -0.2) is 4.98 Å². The summed E-state index contributed by atoms with van der Waals surface area (Å²) in [5.74, 6) is 1.26. The SMILES string of the molecule is CN1CC(c2ccc(Nc3cc(-c4cccc(N5C=C6C(=O)C7=C(CCCC7)N6CC5)c4CO)cn(C)c3=O)nc2)C1. The van der Waals surface area contributed by atoms with Crippen LogP contribution in [-0.2, 0) is 18.4 Å². The number of likely N-dealkylation sites (tertiary alicyclic amines) is 1. The average Bonchev–Trinajstić information content (AvgIpc) is 3.29. The summed E-state index contributed by atoms with van der Waals surface area (Å²) in [5.41, 5.74) is 7.64. The quantitative estimate of drug-likeness (QED) is 0.463. The molecule has 7 rings (SSSR count). The molecule has 1 aromatic carbocycles. The fraction of sp³-hybridized carbons (Fsp3) is 0.364. The minimum Gasteiger partial charge on any atom is -0.392 e. The van der Waals surface area contributed by atoms with E-state index in [1.54, 1.807) is 17.8 Å². The molecule has 0 amide bonds. The topological polar surface area (TPSA) is 93.9 Å². The summed E-state index contributed by atoms with van der Waals surface area (Å²) in [7, 11) is 3.84. The van der Waals surface area contributed by atoms with Crippen molar-refractivity contribution in [3.63, 3.8) is 0 Å². The third-order valence-electron chi connectivity index (χ3n) is 9.10. The molecule has 0 atom stereocenters. The molecule has 0 bridgehead atoms. The number of pyridine rings is 2. The van der Waals surface area contributed by atoms with Gasteiger partial charge in [-0.3, -0.25) is 9.59 Å². The zero-order valence-electron chi connectivity index (χ0n) is 24.1. The largest absolute Gasteiger partial charge is 0.392 e. The van der Waals surface area contributed by atoms with Crippen LogP contribution in [0.5, 0.6) is 0 Å². The van der Waals surface area contributed by atoms with E-state index in [1.165, 1.54) is 11.3 Å². The number of aromatic nitrogens is 2. The summed E-state index contributed by atoms with van der Waals surface area (Å²) in [6.07, 6.45) is 9.67. The number of aryl methyl sites for hydroxylation is 1. The van der Waals surface area contributed by atoms with Gasteiger partial charge in [-0.2, -0.15) is 0 Å². The van der Waals surface area contributed by atoms with E-state index in [4.69, 9.17) is 0 Å². The molecule has 3 aromatic rings. The number of anilines is 3. The number of nitrogens with zero attached hydrogens (tertiary/aromatic N) is 5. The Morgan fingerprint density at radius 1 is 1.05 bits per heavy atom. The summed E-state index contributed by atoms with van der Waals surface area (Å²) in [5, 5.41) is 13.8. The molecule has 1 saturated heterocycles. The van der Waals surface area contributed by atoms with Crippen molar-refractivity contribution in [3.05, 3.63) is 93.4 Å². The monoisotopic (exact) mass is 564 g/mol. The lowest BCUT2D eigenvalue weighted by atomic mass is 9.93. The summed E-state index contributed by atoms with van der Waals surface area (Å²) in [6.45, 7) is 3.34. The van der Waals surface area contributed by atoms with Crippen LogP contribution >= 0.6 is 0 Å². The van der Waals surface area contributed by atoms with E-state index < -0.39 is 0 Å². The molecule has 9 heteroatoms. The number of likely N-dealkylation sites (N-methyl/N-ethyl adjacent to an activating group) is 1. The smallest absolute Gasteiger partial charge is 0.274 e. The van der Waals surface area contributed by atoms with Crippen molar-refractivity contribution in [1.82, 2.24) is 19.4 Å². The van der Waals surface area contributed by atoms with E-state index in [9.17, 15) is 14.7 Å². The molecule has 2 N–H and O–H groups in total. The number of Topliss-reactive ketones (excluding diaryl/α,β-unsaturated/α-hetero) is 1. The molecular formula is C33H36N6O3. The van der Waals surface area contributed by atoms with Gasteiger partial charge in [0.1, 0.15) is 17.2 Å². The highest BCUT2D eigenvalue weighted by molar-refractivity contribution is 6.11. The summed E-state index contributed by atoms with van der Waals surface area (Å²) < 4.78 is 1.55. The number of aliphatic hydroxyl groups is 1. The van der Waals surface area contributed by atoms with E-state index in [0.29, 0.717) is 24.0 Å². The highest BCUT2D eigenvalue weighted by Gasteiger charge is 2.38. The van der Waals surface area contributed by atoms with Gasteiger partial charge in [-0.05, 0) is 62.1 Å². The van der Waals surface area contributed by atoms with Crippen LogP contribution < -0.4 is 15.8 Å². The number of carbonyl (C=O) groups is 1. The molecule has 0 radical (unpaired) electrons. The van der Waals surface area contributed by atoms with E-state index >= 15 is 0 Å². The summed E-state index contributed by atoms with van der Waals surface area (Å²) in [4.78, 5) is 37.5. The Bertz CT molecular complexity index is 1680. The normalized spacial score (nSPS) is 19.0. The van der Waals surface area contributed by atoms with Crippen molar-refractivity contribution in [3.8, 4) is 11.1 Å². The predicted molar refractivity (Wildman–Crippen MR) is 163 cm³/mol. The van der Waals surface area contributed by atoms with Crippen LogP contribution in [0.2, 0.25) is 0 Å². The fourth-order valence-electron chi connectivity index (χ4n) is 6.85. The van der Waals surface area contributed by atoms with Crippen LogP contribution in [0.1, 0.15) is 42.7 Å². The average molecular weight is 565 g/mol. The van der Waals surface area contributed by atoms with E-state index in [2.05, 4.69) is 38.1 Å². The molecule has 9 nitrogen and oxygen atoms in total. The Labute approximate surface area is 245 Å². The predicted octanol–water partition coefficient (Wildman–Crippen LogP) is 4.09. The Kier molecular flexibility index (Phi) is 6.71. The second-order valence-electron chi connectivity index (χ2n) is 11.9. The van der Waals surface area contributed by atoms with Crippen LogP contribution in [0.15, 0.2) is 76.8 Å². The molecule has 42 heavy (non-hydrogen) atoms. The third kappa shape index (κ3) is 4.53. The molecule has 2 aromatic heterocycles. The van der Waals surface area contributed by atoms with Crippen LogP contribution in [0.25, 0.3) is 11.1 Å². The number of hydrogen-bond donors (Lipinski definition) is 2. The molecule has 1 fully saturated rings. The van der Waals surface area contributed by atoms with Crippen molar-refractivity contribution in [1.29, 1.82) is 0 Å². The van der Waals surface area contributed by atoms with Crippen molar-refractivity contribution < 1.29 is 9.90 Å². The molecule has 5 heterocycles. The number of rotatable bonds is 6. The minimum atomic E-state index is -0.178. The first kappa shape index (κ1) is 26.7. The number of ketones is 1. The van der Waals surface area contributed by atoms with Crippen LogP contribution in [0.3, 0.4) is 0 Å². The van der Waals surface area contributed by atoms with Crippen molar-refractivity contribution in [2.45, 2.75) is 38.2 Å². The fourth-order valence-corrected chi connectivity index (χ4v) is 6.85. The van der Waals surface area contributed by atoms with Gasteiger partial charge in [-0.15, -0.1) is 0 Å². The van der Waals surface area contributed by atoms with Gasteiger partial charge in [0.15, 0.2) is 0 Å². The Morgan fingerprint density at radius 2 is 1.88 bits per heavy atom. The van der Waals surface area contributed by atoms with Crippen LogP contribution in [0, 0.1) is 0 Å². The number of aliphatic hydroxyl groups excluding tert-OH is 1. The van der Waals surface area contributed by atoms with Crippen LogP contribution in [-0.4, -0.2) is 63.5 Å². The molecule has 0 spiro atoms. The maximum absolute atomic E-state index is 13.2. The lowest BCUT2D eigenvalue weighted by Crippen LogP contribution is -2.41. The summed E-state index contributed by atoms with van der Waals surface area (Å²) in [6, 6.07) is 11.7. The number of carbonyl (C=O) groups excluding carboxylic acids is 1. The lowest BCUT2D eigenvalue weighted by molar-refractivity contribution is -0.112. The van der Waals surface area contributed by atoms with Gasteiger partial charge < -0.3 is 29.7 Å². The van der Waals surface area contributed by atoms with E-state index in [0.717, 1.165) is 79.0 Å². The van der Waals surface area contributed by atoms with Gasteiger partial charge in [0.2, 0.25) is 5.78 Å². The third-order valence-corrected chi connectivity index (χ3v) is 9.10. The number of fused-ring (bicyclic) bond motifs is 2. The summed E-state index contributed by atoms with van der Waals surface area (Å²) >= 11 is 0. The lowest BCUT2D eigenvalue weighted by Gasteiger charge is -2.36. The Hall–Kier alpha value is -4.21. The Balaban J connectivity index is 1.19. The molecular weight excluding hydrogens is 528 g/mol. The van der Waals surface area contributed by atoms with Gasteiger partial charge in [0.05, 0.1) is 6.61 Å². The first-order valence-corrected chi connectivity index (χ1v) is 14.8. The van der Waals surface area contributed by atoms with E-state index in [1.807, 2.05) is 42.7 Å². The molecule has 1 aliphatic carbocycles. The minimum absolute atomic E-state index is 0.145. The number of benzene rings is 1. The maximum Gasteiger partial charge on any atom is 0.274 e. The van der Waals surface area contributed by atoms with Crippen molar-refractivity contribution >= 4 is 23.0 Å². The first-order valence-electron chi connectivity index (χ1n) is 14.8. The number of nitrogens with one attached hydrogen (secondary N) is 1. The highest BCUT2D eigenvalue weighted by atomic mass is 16.3. The second kappa shape index (κ2) is 10.6. The van der Waals surface area contributed by atoms with E-state index in [-0.39, 0.29) is 17.9 Å². The highest BCUT2D eigenvalue weighted by Crippen LogP contribution is 2.41. The number of hydrogen-bond acceptors (Lipinski definition) is 8. The standard InChI is InChI=1S/C33H36N6O3/c1-36-16-23(17-36)21-10-11-31(34-15-21)35-27-14-22(18-37(2)33(27)42)24-7-5-9-28(26(24)20-40)38-12-13-39-29-8-4-3-6-25(29)32(41)30(39)19-38/h5,7,9-11,14-15,18-19,23,40H,3-4,6,8,12-13,16-17,20H2,1-2H3,(H,34,35). The molecule has 0 saturated carbocycles. The first-order chi connectivity index (χ1) is 20.4. The van der Waals surface area contributed by atoms with Gasteiger partial charge in [-0.1, -0.05) is 18.2 Å². The van der Waals surface area contributed by atoms with Crippen LogP contribution in [0.4, 0.5) is 17.2 Å². The number of allylic oxidation sites excluding steroid dienone is 2. The molecule has 0 unspecified atom stereocenters. The van der Waals surface area contributed by atoms with Crippen molar-refractivity contribution in [2.75, 3.05) is 43.4 Å². The molecule has 216 valence electrons. The van der Waals surface area contributed by atoms with Gasteiger partial charge >= 0.3 is 0 Å². The van der Waals surface area contributed by atoms with Gasteiger partial charge in [0, 0.05) is 85.8 Å².